The predicted molar refractivity (Wildman–Crippen MR) is 88.4 cm³/mol. The molecule has 0 radical (unpaired) electrons. The number of aromatic nitrogens is 2. The average molecular weight is 342 g/mol. The Labute approximate surface area is 136 Å². The minimum Gasteiger partial charge on any atom is -0.337 e. The molecule has 1 heterocycles. The molecule has 0 bridgehead atoms. The van der Waals surface area contributed by atoms with Crippen molar-refractivity contribution in [2.75, 3.05) is 12.3 Å². The van der Waals surface area contributed by atoms with Gasteiger partial charge in [0.15, 0.2) is 0 Å². The van der Waals surface area contributed by atoms with Crippen LogP contribution in [0.5, 0.6) is 0 Å². The minimum atomic E-state index is -3.23. The number of hydrogen-bond donors (Lipinski definition) is 1. The highest BCUT2D eigenvalue weighted by atomic mass is 35.5. The molecule has 0 aliphatic heterocycles. The molecular weight excluding hydrogens is 322 g/mol. The van der Waals surface area contributed by atoms with Gasteiger partial charge in [-0.2, -0.15) is 0 Å². The normalized spacial score (nSPS) is 11.7. The summed E-state index contributed by atoms with van der Waals surface area (Å²) in [6.45, 7) is 1.32. The summed E-state index contributed by atoms with van der Waals surface area (Å²) in [7, 11) is -3.23. The summed E-state index contributed by atoms with van der Waals surface area (Å²) in [4.78, 5) is 3.96. The number of rotatable bonds is 9. The summed E-state index contributed by atoms with van der Waals surface area (Å²) >= 11 is 5.80. The van der Waals surface area contributed by atoms with E-state index in [1.165, 1.54) is 0 Å². The molecular formula is C15H20ClN3O2S. The van der Waals surface area contributed by atoms with Gasteiger partial charge in [0.05, 0.1) is 12.1 Å². The van der Waals surface area contributed by atoms with Gasteiger partial charge in [0, 0.05) is 30.5 Å². The van der Waals surface area contributed by atoms with Crippen molar-refractivity contribution >= 4 is 21.6 Å². The van der Waals surface area contributed by atoms with E-state index in [9.17, 15) is 8.42 Å². The maximum absolute atomic E-state index is 11.9. The van der Waals surface area contributed by atoms with E-state index in [1.807, 2.05) is 22.9 Å². The molecule has 1 aromatic heterocycles. The Hall–Kier alpha value is -1.37. The molecule has 0 fully saturated rings. The Balaban J connectivity index is 1.64. The third-order valence-corrected chi connectivity index (χ3v) is 4.93. The van der Waals surface area contributed by atoms with Crippen molar-refractivity contribution < 1.29 is 8.42 Å². The van der Waals surface area contributed by atoms with E-state index in [0.717, 1.165) is 24.9 Å². The van der Waals surface area contributed by atoms with Crippen LogP contribution < -0.4 is 4.72 Å². The van der Waals surface area contributed by atoms with Crippen LogP contribution in [0.1, 0.15) is 18.4 Å². The second-order valence-electron chi connectivity index (χ2n) is 5.10. The molecule has 1 N–H and O–H groups in total. The molecule has 0 atom stereocenters. The average Bonchev–Trinajstić information content (AvgIpc) is 3.00. The molecule has 1 aromatic carbocycles. The van der Waals surface area contributed by atoms with Crippen molar-refractivity contribution in [3.8, 4) is 0 Å². The van der Waals surface area contributed by atoms with Crippen LogP contribution in [-0.4, -0.2) is 30.3 Å². The maximum Gasteiger partial charge on any atom is 0.211 e. The summed E-state index contributed by atoms with van der Waals surface area (Å²) in [6, 6.07) is 7.24. The van der Waals surface area contributed by atoms with Crippen molar-refractivity contribution in [1.29, 1.82) is 0 Å². The number of hydrogen-bond acceptors (Lipinski definition) is 3. The lowest BCUT2D eigenvalue weighted by molar-refractivity contribution is 0.565. The van der Waals surface area contributed by atoms with Crippen molar-refractivity contribution in [3.63, 3.8) is 0 Å². The van der Waals surface area contributed by atoms with Gasteiger partial charge in [-0.05, 0) is 37.0 Å². The Kier molecular flexibility index (Phi) is 6.42. The highest BCUT2D eigenvalue weighted by Gasteiger charge is 2.09. The molecule has 0 aliphatic carbocycles. The molecule has 0 amide bonds. The zero-order valence-corrected chi connectivity index (χ0v) is 13.9. The number of halogens is 1. The van der Waals surface area contributed by atoms with Gasteiger partial charge in [-0.3, -0.25) is 0 Å². The van der Waals surface area contributed by atoms with Crippen LogP contribution in [0.15, 0.2) is 43.0 Å². The Morgan fingerprint density at radius 3 is 2.64 bits per heavy atom. The van der Waals surface area contributed by atoms with Gasteiger partial charge in [0.2, 0.25) is 10.0 Å². The summed E-state index contributed by atoms with van der Waals surface area (Å²) in [5.41, 5.74) is 0.967. The van der Waals surface area contributed by atoms with Crippen LogP contribution in [0.4, 0.5) is 0 Å². The first kappa shape index (κ1) is 17.0. The molecule has 0 unspecified atom stereocenters. The molecule has 7 heteroatoms. The van der Waals surface area contributed by atoms with Gasteiger partial charge in [-0.15, -0.1) is 0 Å². The van der Waals surface area contributed by atoms with Crippen molar-refractivity contribution in [1.82, 2.24) is 14.3 Å². The molecule has 0 saturated heterocycles. The number of aryl methyl sites for hydroxylation is 2. The second kappa shape index (κ2) is 8.31. The Morgan fingerprint density at radius 1 is 1.18 bits per heavy atom. The second-order valence-corrected chi connectivity index (χ2v) is 7.46. The maximum atomic E-state index is 11.9. The molecule has 2 aromatic rings. The largest absolute Gasteiger partial charge is 0.337 e. The number of sulfonamides is 1. The molecule has 0 saturated carbocycles. The van der Waals surface area contributed by atoms with E-state index >= 15 is 0 Å². The molecule has 5 nitrogen and oxygen atoms in total. The van der Waals surface area contributed by atoms with E-state index in [-0.39, 0.29) is 5.75 Å². The summed E-state index contributed by atoms with van der Waals surface area (Å²) < 4.78 is 28.4. The molecule has 0 aliphatic rings. The third-order valence-electron chi connectivity index (χ3n) is 3.30. The lowest BCUT2D eigenvalue weighted by Gasteiger charge is -2.07. The number of nitrogens with one attached hydrogen (secondary N) is 1. The van der Waals surface area contributed by atoms with Crippen LogP contribution in [-0.2, 0) is 23.0 Å². The van der Waals surface area contributed by atoms with E-state index in [0.29, 0.717) is 18.0 Å². The molecule has 2 rings (SSSR count). The fraction of sp³-hybridized carbons (Fsp3) is 0.400. The van der Waals surface area contributed by atoms with E-state index in [4.69, 9.17) is 11.6 Å². The quantitative estimate of drug-likeness (QED) is 0.713. The summed E-state index contributed by atoms with van der Waals surface area (Å²) in [5.74, 6) is 0.0934. The van der Waals surface area contributed by atoms with Gasteiger partial charge in [-0.1, -0.05) is 23.7 Å². The van der Waals surface area contributed by atoms with Crippen LogP contribution >= 0.6 is 11.6 Å². The Morgan fingerprint density at radius 2 is 1.95 bits per heavy atom. The van der Waals surface area contributed by atoms with E-state index in [1.54, 1.807) is 24.7 Å². The monoisotopic (exact) mass is 341 g/mol. The van der Waals surface area contributed by atoms with Gasteiger partial charge >= 0.3 is 0 Å². The van der Waals surface area contributed by atoms with Gasteiger partial charge in [0.25, 0.3) is 0 Å². The van der Waals surface area contributed by atoms with Gasteiger partial charge in [-0.25, -0.2) is 18.1 Å². The highest BCUT2D eigenvalue weighted by molar-refractivity contribution is 7.89. The lowest BCUT2D eigenvalue weighted by Crippen LogP contribution is -2.28. The van der Waals surface area contributed by atoms with Gasteiger partial charge < -0.3 is 4.57 Å². The van der Waals surface area contributed by atoms with Crippen molar-refractivity contribution in [2.45, 2.75) is 25.8 Å². The first-order valence-corrected chi connectivity index (χ1v) is 9.26. The van der Waals surface area contributed by atoms with E-state index < -0.39 is 10.0 Å². The SMILES string of the molecule is O=S(=O)(CCc1ccc(Cl)cc1)NCCCCn1ccnc1. The number of benzene rings is 1. The van der Waals surface area contributed by atoms with Crippen LogP contribution in [0.25, 0.3) is 0 Å². The van der Waals surface area contributed by atoms with Gasteiger partial charge in [0.1, 0.15) is 0 Å². The van der Waals surface area contributed by atoms with Crippen molar-refractivity contribution in [3.05, 3.63) is 53.6 Å². The molecule has 0 spiro atoms. The third kappa shape index (κ3) is 6.17. The lowest BCUT2D eigenvalue weighted by atomic mass is 10.2. The molecule has 22 heavy (non-hydrogen) atoms. The van der Waals surface area contributed by atoms with Crippen LogP contribution in [0.2, 0.25) is 5.02 Å². The Bertz CT molecular complexity index is 655. The first-order valence-electron chi connectivity index (χ1n) is 7.23. The predicted octanol–water partition coefficient (Wildman–Crippen LogP) is 2.48. The van der Waals surface area contributed by atoms with Crippen molar-refractivity contribution in [2.24, 2.45) is 0 Å². The first-order chi connectivity index (χ1) is 10.6. The highest BCUT2D eigenvalue weighted by Crippen LogP contribution is 2.10. The van der Waals surface area contributed by atoms with E-state index in [2.05, 4.69) is 9.71 Å². The number of unbranched alkanes of at least 4 members (excludes halogenated alkanes) is 1. The number of nitrogens with zero attached hydrogens (tertiary/aromatic N) is 2. The summed E-state index contributed by atoms with van der Waals surface area (Å²) in [5, 5.41) is 0.655. The zero-order chi connectivity index (χ0) is 15.8. The van der Waals surface area contributed by atoms with Crippen LogP contribution in [0.3, 0.4) is 0 Å². The van der Waals surface area contributed by atoms with Crippen LogP contribution in [0, 0.1) is 0 Å². The standard InChI is InChI=1S/C15H20ClN3O2S/c16-15-5-3-14(4-6-15)7-12-22(20,21)18-8-1-2-10-19-11-9-17-13-19/h3-6,9,11,13,18H,1-2,7-8,10,12H2. The smallest absolute Gasteiger partial charge is 0.211 e. The zero-order valence-electron chi connectivity index (χ0n) is 12.3. The topological polar surface area (TPSA) is 64.0 Å². The fourth-order valence-electron chi connectivity index (χ4n) is 2.04. The number of imidazole rings is 1. The minimum absolute atomic E-state index is 0.0934. The fourth-order valence-corrected chi connectivity index (χ4v) is 3.27. The molecule has 120 valence electrons. The summed E-state index contributed by atoms with van der Waals surface area (Å²) in [6.07, 6.45) is 7.60.